The van der Waals surface area contributed by atoms with Gasteiger partial charge in [0.15, 0.2) is 0 Å². The second kappa shape index (κ2) is 5.71. The lowest BCUT2D eigenvalue weighted by atomic mass is 9.89. The number of carbonyl (C=O) groups is 1. The Morgan fingerprint density at radius 3 is 2.41 bits per heavy atom. The van der Waals surface area contributed by atoms with E-state index in [9.17, 15) is 4.79 Å². The normalized spacial score (nSPS) is 31.6. The molecule has 2 aliphatic rings. The summed E-state index contributed by atoms with van der Waals surface area (Å²) in [4.78, 5) is 14.0. The first-order chi connectivity index (χ1) is 8.26. The maximum atomic E-state index is 12.0. The zero-order chi connectivity index (χ0) is 12.3. The first kappa shape index (κ1) is 12.7. The number of fused-ring (bicyclic) bond motifs is 2. The number of ether oxygens (including phenoxy) is 2. The minimum atomic E-state index is -0.135. The monoisotopic (exact) mass is 241 g/mol. The smallest absolute Gasteiger partial charge is 0.410 e. The summed E-state index contributed by atoms with van der Waals surface area (Å²) in [6.07, 6.45) is 5.73. The van der Waals surface area contributed by atoms with E-state index in [4.69, 9.17) is 9.47 Å². The molecular weight excluding hydrogens is 218 g/mol. The summed E-state index contributed by atoms with van der Waals surface area (Å²) in [5, 5.41) is 0. The molecule has 2 unspecified atom stereocenters. The fraction of sp³-hybridized carbons (Fsp3) is 0.923. The third-order valence-corrected chi connectivity index (χ3v) is 4.13. The molecule has 4 heteroatoms. The van der Waals surface area contributed by atoms with E-state index in [1.807, 2.05) is 4.90 Å². The zero-order valence-electron chi connectivity index (χ0n) is 10.9. The first-order valence-electron chi connectivity index (χ1n) is 6.70. The van der Waals surface area contributed by atoms with Gasteiger partial charge in [0.25, 0.3) is 0 Å². The van der Waals surface area contributed by atoms with Crippen LogP contribution < -0.4 is 0 Å². The van der Waals surface area contributed by atoms with Crippen molar-refractivity contribution in [1.82, 2.24) is 4.90 Å². The summed E-state index contributed by atoms with van der Waals surface area (Å²) in [5.74, 6) is 0.801. The van der Waals surface area contributed by atoms with Crippen molar-refractivity contribution in [2.24, 2.45) is 5.92 Å². The van der Waals surface area contributed by atoms with E-state index < -0.39 is 0 Å². The maximum Gasteiger partial charge on any atom is 0.410 e. The molecular formula is C13H23NO3. The Labute approximate surface area is 103 Å². The van der Waals surface area contributed by atoms with Gasteiger partial charge in [-0.2, -0.15) is 0 Å². The summed E-state index contributed by atoms with van der Waals surface area (Å²) < 4.78 is 10.1. The van der Waals surface area contributed by atoms with Crippen molar-refractivity contribution in [3.05, 3.63) is 0 Å². The average Bonchev–Trinajstić information content (AvgIpc) is 2.60. The van der Waals surface area contributed by atoms with Crippen LogP contribution in [-0.2, 0) is 9.47 Å². The highest BCUT2D eigenvalue weighted by Crippen LogP contribution is 2.39. The van der Waals surface area contributed by atoms with Gasteiger partial charge in [0.1, 0.15) is 6.61 Å². The minimum Gasteiger partial charge on any atom is -0.447 e. The molecule has 17 heavy (non-hydrogen) atoms. The Hall–Kier alpha value is -0.770. The Morgan fingerprint density at radius 2 is 1.88 bits per heavy atom. The molecule has 0 aromatic heterocycles. The minimum absolute atomic E-state index is 0.135. The summed E-state index contributed by atoms with van der Waals surface area (Å²) in [6, 6.07) is 0.850. The van der Waals surface area contributed by atoms with Gasteiger partial charge in [0, 0.05) is 19.2 Å². The predicted molar refractivity (Wildman–Crippen MR) is 64.9 cm³/mol. The van der Waals surface area contributed by atoms with Crippen LogP contribution in [0.25, 0.3) is 0 Å². The van der Waals surface area contributed by atoms with Crippen LogP contribution in [0.15, 0.2) is 0 Å². The Balaban J connectivity index is 1.87. The number of methoxy groups -OCH3 is 1. The van der Waals surface area contributed by atoms with E-state index >= 15 is 0 Å². The number of carbonyl (C=O) groups excluding carboxylic acids is 1. The SMILES string of the molecule is CCC1CC2CCC(C1)N2C(=O)OCCOC. The van der Waals surface area contributed by atoms with Crippen LogP contribution in [0, 0.1) is 5.92 Å². The molecule has 2 rings (SSSR count). The number of rotatable bonds is 4. The summed E-state index contributed by atoms with van der Waals surface area (Å²) in [7, 11) is 1.62. The van der Waals surface area contributed by atoms with Crippen LogP contribution in [0.5, 0.6) is 0 Å². The molecule has 4 nitrogen and oxygen atoms in total. The molecule has 0 aromatic rings. The van der Waals surface area contributed by atoms with Crippen LogP contribution >= 0.6 is 0 Å². The molecule has 2 fully saturated rings. The molecule has 2 bridgehead atoms. The largest absolute Gasteiger partial charge is 0.447 e. The lowest BCUT2D eigenvalue weighted by Crippen LogP contribution is -2.46. The van der Waals surface area contributed by atoms with Crippen LogP contribution in [0.2, 0.25) is 0 Å². The zero-order valence-corrected chi connectivity index (χ0v) is 10.9. The van der Waals surface area contributed by atoms with Crippen molar-refractivity contribution < 1.29 is 14.3 Å². The van der Waals surface area contributed by atoms with Gasteiger partial charge in [0.05, 0.1) is 6.61 Å². The highest BCUT2D eigenvalue weighted by molar-refractivity contribution is 5.69. The lowest BCUT2D eigenvalue weighted by Gasteiger charge is -2.37. The van der Waals surface area contributed by atoms with E-state index in [1.54, 1.807) is 7.11 Å². The Bertz CT molecular complexity index is 255. The third-order valence-electron chi connectivity index (χ3n) is 4.13. The van der Waals surface area contributed by atoms with Gasteiger partial charge in [-0.05, 0) is 31.6 Å². The quantitative estimate of drug-likeness (QED) is 0.709. The standard InChI is InChI=1S/C13H23NO3/c1-3-10-8-11-4-5-12(9-10)14(11)13(15)17-7-6-16-2/h10-12H,3-9H2,1-2H3. The van der Waals surface area contributed by atoms with Gasteiger partial charge in [-0.1, -0.05) is 13.3 Å². The van der Waals surface area contributed by atoms with E-state index in [0.29, 0.717) is 25.3 Å². The van der Waals surface area contributed by atoms with Crippen LogP contribution in [-0.4, -0.2) is 43.4 Å². The molecule has 0 aromatic carbocycles. The second-order valence-corrected chi connectivity index (χ2v) is 5.15. The molecule has 0 N–H and O–H groups in total. The fourth-order valence-electron chi connectivity index (χ4n) is 3.21. The van der Waals surface area contributed by atoms with Crippen molar-refractivity contribution in [2.45, 2.75) is 51.1 Å². The van der Waals surface area contributed by atoms with Crippen molar-refractivity contribution >= 4 is 6.09 Å². The van der Waals surface area contributed by atoms with Crippen molar-refractivity contribution in [1.29, 1.82) is 0 Å². The second-order valence-electron chi connectivity index (χ2n) is 5.15. The van der Waals surface area contributed by atoms with E-state index in [1.165, 1.54) is 6.42 Å². The molecule has 2 heterocycles. The van der Waals surface area contributed by atoms with Crippen molar-refractivity contribution in [3.8, 4) is 0 Å². The van der Waals surface area contributed by atoms with Gasteiger partial charge in [0.2, 0.25) is 0 Å². The molecule has 98 valence electrons. The lowest BCUT2D eigenvalue weighted by molar-refractivity contribution is 0.0410. The molecule has 0 spiro atoms. The average molecular weight is 241 g/mol. The highest BCUT2D eigenvalue weighted by atomic mass is 16.6. The molecule has 2 atom stereocenters. The van der Waals surface area contributed by atoms with Crippen molar-refractivity contribution in [3.63, 3.8) is 0 Å². The van der Waals surface area contributed by atoms with Crippen LogP contribution in [0.4, 0.5) is 4.79 Å². The van der Waals surface area contributed by atoms with Crippen LogP contribution in [0.3, 0.4) is 0 Å². The molecule has 0 saturated carbocycles. The van der Waals surface area contributed by atoms with E-state index in [0.717, 1.165) is 31.6 Å². The van der Waals surface area contributed by atoms with E-state index in [-0.39, 0.29) is 6.09 Å². The highest BCUT2D eigenvalue weighted by Gasteiger charge is 2.43. The molecule has 2 saturated heterocycles. The Morgan fingerprint density at radius 1 is 1.24 bits per heavy atom. The van der Waals surface area contributed by atoms with E-state index in [2.05, 4.69) is 6.92 Å². The number of piperidine rings is 1. The number of hydrogen-bond donors (Lipinski definition) is 0. The molecule has 2 aliphatic heterocycles. The molecule has 0 aliphatic carbocycles. The number of nitrogens with zero attached hydrogens (tertiary/aromatic N) is 1. The molecule has 0 radical (unpaired) electrons. The topological polar surface area (TPSA) is 38.8 Å². The number of hydrogen-bond acceptors (Lipinski definition) is 3. The summed E-state index contributed by atoms with van der Waals surface area (Å²) >= 11 is 0. The summed E-state index contributed by atoms with van der Waals surface area (Å²) in [5.41, 5.74) is 0. The summed E-state index contributed by atoms with van der Waals surface area (Å²) in [6.45, 7) is 3.09. The van der Waals surface area contributed by atoms with Gasteiger partial charge < -0.3 is 14.4 Å². The van der Waals surface area contributed by atoms with Gasteiger partial charge in [-0.15, -0.1) is 0 Å². The molecule has 1 amide bonds. The van der Waals surface area contributed by atoms with Gasteiger partial charge in [-0.25, -0.2) is 4.79 Å². The first-order valence-corrected chi connectivity index (χ1v) is 6.70. The van der Waals surface area contributed by atoms with Crippen LogP contribution in [0.1, 0.15) is 39.0 Å². The van der Waals surface area contributed by atoms with Crippen molar-refractivity contribution in [2.75, 3.05) is 20.3 Å². The van der Waals surface area contributed by atoms with Gasteiger partial charge in [-0.3, -0.25) is 0 Å². The predicted octanol–water partition coefficient (Wildman–Crippen LogP) is 2.42. The third kappa shape index (κ3) is 2.73. The fourth-order valence-corrected chi connectivity index (χ4v) is 3.21. The van der Waals surface area contributed by atoms with Gasteiger partial charge >= 0.3 is 6.09 Å². The Kier molecular flexibility index (Phi) is 4.26. The number of amides is 1. The maximum absolute atomic E-state index is 12.0.